The third-order valence-corrected chi connectivity index (χ3v) is 5.50. The molecule has 0 atom stereocenters. The molecule has 0 radical (unpaired) electrons. The number of benzene rings is 2. The predicted molar refractivity (Wildman–Crippen MR) is 100 cm³/mol. The molecule has 0 aromatic heterocycles. The summed E-state index contributed by atoms with van der Waals surface area (Å²) in [6.45, 7) is 8.05. The van der Waals surface area contributed by atoms with Crippen molar-refractivity contribution in [3.8, 4) is 11.5 Å². The number of hydrogen-bond donors (Lipinski definition) is 1. The maximum Gasteiger partial charge on any atom is 0.262 e. The molecule has 0 bridgehead atoms. The van der Waals surface area contributed by atoms with Gasteiger partial charge in [0.2, 0.25) is 0 Å². The number of anilines is 1. The van der Waals surface area contributed by atoms with Crippen molar-refractivity contribution >= 4 is 15.7 Å². The molecule has 1 N–H and O–H groups in total. The fourth-order valence-corrected chi connectivity index (χ4v) is 3.80. The van der Waals surface area contributed by atoms with Crippen LogP contribution in [0.15, 0.2) is 41.3 Å². The van der Waals surface area contributed by atoms with E-state index in [0.717, 1.165) is 5.56 Å². The fraction of sp³-hybridized carbons (Fsp3) is 0.368. The zero-order valence-corrected chi connectivity index (χ0v) is 16.3. The first-order chi connectivity index (χ1) is 11.6. The van der Waals surface area contributed by atoms with Crippen molar-refractivity contribution in [1.82, 2.24) is 0 Å². The number of hydrogen-bond acceptors (Lipinski definition) is 4. The number of nitrogens with one attached hydrogen (secondary N) is 1. The highest BCUT2D eigenvalue weighted by Gasteiger charge is 2.21. The van der Waals surface area contributed by atoms with E-state index < -0.39 is 10.0 Å². The van der Waals surface area contributed by atoms with Crippen LogP contribution in [0.5, 0.6) is 11.5 Å². The van der Waals surface area contributed by atoms with Crippen molar-refractivity contribution in [2.75, 3.05) is 18.9 Å². The molecule has 0 heterocycles. The largest absolute Gasteiger partial charge is 0.493 e. The number of aryl methyl sites for hydroxylation is 1. The highest BCUT2D eigenvalue weighted by Crippen LogP contribution is 2.33. The van der Waals surface area contributed by atoms with Gasteiger partial charge in [0.05, 0.1) is 19.1 Å². The zero-order valence-electron chi connectivity index (χ0n) is 15.5. The van der Waals surface area contributed by atoms with E-state index in [2.05, 4.69) is 25.5 Å². The number of methoxy groups -OCH3 is 2. The molecule has 0 saturated carbocycles. The Bertz CT molecular complexity index is 850. The van der Waals surface area contributed by atoms with Gasteiger partial charge in [-0.1, -0.05) is 32.9 Å². The maximum atomic E-state index is 12.8. The molecule has 0 aliphatic carbocycles. The molecule has 5 nitrogen and oxygen atoms in total. The van der Waals surface area contributed by atoms with Gasteiger partial charge >= 0.3 is 0 Å². The molecule has 2 aromatic rings. The van der Waals surface area contributed by atoms with Crippen LogP contribution in [0.1, 0.15) is 31.9 Å². The van der Waals surface area contributed by atoms with Gasteiger partial charge in [-0.2, -0.15) is 0 Å². The standard InChI is InChI=1S/C19H25NO4S/c1-13-11-16(23-5)17(24-6)12-18(13)25(21,22)20-15-9-7-14(8-10-15)19(2,3)4/h7-12,20H,1-6H3. The summed E-state index contributed by atoms with van der Waals surface area (Å²) in [7, 11) is -0.747. The summed E-state index contributed by atoms with van der Waals surface area (Å²) in [5, 5.41) is 0. The summed E-state index contributed by atoms with van der Waals surface area (Å²) >= 11 is 0. The molecule has 0 fully saturated rings. The van der Waals surface area contributed by atoms with Gasteiger partial charge in [-0.3, -0.25) is 4.72 Å². The SMILES string of the molecule is COc1cc(C)c(S(=O)(=O)Nc2ccc(C(C)(C)C)cc2)cc1OC. The third-order valence-electron chi connectivity index (χ3n) is 3.97. The van der Waals surface area contributed by atoms with Gasteiger partial charge in [-0.15, -0.1) is 0 Å². The van der Waals surface area contributed by atoms with Crippen LogP contribution in [0.4, 0.5) is 5.69 Å². The first kappa shape index (κ1) is 19.1. The van der Waals surface area contributed by atoms with Crippen LogP contribution in [0.2, 0.25) is 0 Å². The summed E-state index contributed by atoms with van der Waals surface area (Å²) in [6, 6.07) is 10.5. The van der Waals surface area contributed by atoms with Crippen molar-refractivity contribution in [3.63, 3.8) is 0 Å². The quantitative estimate of drug-likeness (QED) is 0.868. The Kier molecular flexibility index (Phi) is 5.32. The normalized spacial score (nSPS) is 11.9. The van der Waals surface area contributed by atoms with Crippen LogP contribution >= 0.6 is 0 Å². The van der Waals surface area contributed by atoms with Gasteiger partial charge in [0.25, 0.3) is 10.0 Å². The van der Waals surface area contributed by atoms with E-state index >= 15 is 0 Å². The zero-order chi connectivity index (χ0) is 18.8. The first-order valence-corrected chi connectivity index (χ1v) is 9.43. The van der Waals surface area contributed by atoms with E-state index in [0.29, 0.717) is 22.7 Å². The fourth-order valence-electron chi connectivity index (χ4n) is 2.50. The van der Waals surface area contributed by atoms with E-state index in [1.54, 1.807) is 25.1 Å². The Balaban J connectivity index is 2.36. The first-order valence-electron chi connectivity index (χ1n) is 7.94. The molecule has 6 heteroatoms. The topological polar surface area (TPSA) is 64.6 Å². The van der Waals surface area contributed by atoms with E-state index in [9.17, 15) is 8.42 Å². The van der Waals surface area contributed by atoms with E-state index in [1.165, 1.54) is 20.3 Å². The molecule has 0 spiro atoms. The minimum absolute atomic E-state index is 0.0113. The van der Waals surface area contributed by atoms with Crippen molar-refractivity contribution in [1.29, 1.82) is 0 Å². The Hall–Kier alpha value is -2.21. The van der Waals surface area contributed by atoms with Gasteiger partial charge in [-0.05, 0) is 41.7 Å². The molecule has 25 heavy (non-hydrogen) atoms. The molecule has 0 aliphatic rings. The Morgan fingerprint density at radius 1 is 0.920 bits per heavy atom. The summed E-state index contributed by atoms with van der Waals surface area (Å²) in [6.07, 6.45) is 0. The van der Waals surface area contributed by atoms with Gasteiger partial charge in [-0.25, -0.2) is 8.42 Å². The molecule has 0 saturated heterocycles. The van der Waals surface area contributed by atoms with E-state index in [-0.39, 0.29) is 10.3 Å². The summed E-state index contributed by atoms with van der Waals surface area (Å²) < 4.78 is 38.6. The second-order valence-electron chi connectivity index (χ2n) is 6.91. The monoisotopic (exact) mass is 363 g/mol. The van der Waals surface area contributed by atoms with E-state index in [1.807, 2.05) is 12.1 Å². The van der Waals surface area contributed by atoms with Crippen molar-refractivity contribution < 1.29 is 17.9 Å². The van der Waals surface area contributed by atoms with Crippen LogP contribution in [-0.4, -0.2) is 22.6 Å². The van der Waals surface area contributed by atoms with Gasteiger partial charge < -0.3 is 9.47 Å². The summed E-state index contributed by atoms with van der Waals surface area (Å²) in [5.74, 6) is 0.866. The lowest BCUT2D eigenvalue weighted by atomic mass is 9.87. The molecule has 0 amide bonds. The minimum atomic E-state index is -3.74. The molecule has 2 aromatic carbocycles. The third kappa shape index (κ3) is 4.25. The molecule has 0 unspecified atom stereocenters. The molecular weight excluding hydrogens is 338 g/mol. The number of ether oxygens (including phenoxy) is 2. The van der Waals surface area contributed by atoms with Crippen LogP contribution in [0.3, 0.4) is 0 Å². The summed E-state index contributed by atoms with van der Waals surface area (Å²) in [4.78, 5) is 0.157. The van der Waals surface area contributed by atoms with Gasteiger partial charge in [0, 0.05) is 11.8 Å². The molecule has 136 valence electrons. The average Bonchev–Trinajstić information content (AvgIpc) is 2.53. The number of rotatable bonds is 5. The summed E-state index contributed by atoms with van der Waals surface area (Å²) in [5.41, 5.74) is 2.24. The van der Waals surface area contributed by atoms with Crippen LogP contribution in [-0.2, 0) is 15.4 Å². The Morgan fingerprint density at radius 2 is 1.44 bits per heavy atom. The average molecular weight is 363 g/mol. The van der Waals surface area contributed by atoms with Gasteiger partial charge in [0.1, 0.15) is 0 Å². The highest BCUT2D eigenvalue weighted by molar-refractivity contribution is 7.92. The van der Waals surface area contributed by atoms with Crippen molar-refractivity contribution in [3.05, 3.63) is 47.5 Å². The lowest BCUT2D eigenvalue weighted by molar-refractivity contribution is 0.353. The Morgan fingerprint density at radius 3 is 1.92 bits per heavy atom. The van der Waals surface area contributed by atoms with Crippen molar-refractivity contribution in [2.24, 2.45) is 0 Å². The number of sulfonamides is 1. The lowest BCUT2D eigenvalue weighted by Crippen LogP contribution is -2.15. The molecule has 0 aliphatic heterocycles. The van der Waals surface area contributed by atoms with Gasteiger partial charge in [0.15, 0.2) is 11.5 Å². The minimum Gasteiger partial charge on any atom is -0.493 e. The molecule has 2 rings (SSSR count). The predicted octanol–water partition coefficient (Wildman–Crippen LogP) is 4.11. The van der Waals surface area contributed by atoms with Crippen LogP contribution < -0.4 is 14.2 Å². The van der Waals surface area contributed by atoms with E-state index in [4.69, 9.17) is 9.47 Å². The smallest absolute Gasteiger partial charge is 0.262 e. The van der Waals surface area contributed by atoms with Crippen molar-refractivity contribution in [2.45, 2.75) is 38.0 Å². The second kappa shape index (κ2) is 6.96. The van der Waals surface area contributed by atoms with Crippen LogP contribution in [0, 0.1) is 6.92 Å². The van der Waals surface area contributed by atoms with Crippen LogP contribution in [0.25, 0.3) is 0 Å². The maximum absolute atomic E-state index is 12.8. The highest BCUT2D eigenvalue weighted by atomic mass is 32.2. The lowest BCUT2D eigenvalue weighted by Gasteiger charge is -2.19. The Labute approximate surface area is 150 Å². The molecular formula is C19H25NO4S. The second-order valence-corrected chi connectivity index (χ2v) is 8.56.